The highest BCUT2D eigenvalue weighted by Gasteiger charge is 2.18. The first-order valence-electron chi connectivity index (χ1n) is 6.24. The highest BCUT2D eigenvalue weighted by molar-refractivity contribution is 5.63. The minimum absolute atomic E-state index is 0.0320. The fourth-order valence-electron chi connectivity index (χ4n) is 1.93. The number of aryl methyl sites for hydroxylation is 1. The predicted molar refractivity (Wildman–Crippen MR) is 70.9 cm³/mol. The van der Waals surface area contributed by atoms with Gasteiger partial charge in [-0.15, -0.1) is 0 Å². The Morgan fingerprint density at radius 2 is 1.89 bits per heavy atom. The molecule has 1 aromatic heterocycles. The van der Waals surface area contributed by atoms with E-state index in [1.54, 1.807) is 12.1 Å². The van der Waals surface area contributed by atoms with Gasteiger partial charge < -0.3 is 5.73 Å². The lowest BCUT2D eigenvalue weighted by molar-refractivity contribution is 0.152. The van der Waals surface area contributed by atoms with Crippen LogP contribution < -0.4 is 5.73 Å². The zero-order valence-corrected chi connectivity index (χ0v) is 11.0. The predicted octanol–water partition coefficient (Wildman–Crippen LogP) is 3.53. The van der Waals surface area contributed by atoms with Crippen LogP contribution in [0.25, 0.3) is 11.3 Å². The van der Waals surface area contributed by atoms with Crippen LogP contribution in [-0.2, 0) is 6.54 Å². The number of aromatic nitrogens is 2. The molecule has 1 aromatic carbocycles. The first-order valence-corrected chi connectivity index (χ1v) is 6.24. The minimum Gasteiger partial charge on any atom is -0.324 e. The lowest BCUT2D eigenvalue weighted by Crippen LogP contribution is -2.04. The van der Waals surface area contributed by atoms with Crippen LogP contribution in [0, 0.1) is 0 Å². The van der Waals surface area contributed by atoms with Crippen LogP contribution in [0.2, 0.25) is 0 Å². The van der Waals surface area contributed by atoms with Crippen LogP contribution in [0.4, 0.5) is 8.78 Å². The van der Waals surface area contributed by atoms with Crippen molar-refractivity contribution in [1.82, 2.24) is 9.78 Å². The molecule has 3 nitrogen and oxygen atoms in total. The Hall–Kier alpha value is -1.75. The SMILES string of the molecule is CCn1cc(C(F)F)c(-c2ccc(C(C)N)cc2)n1. The molecule has 0 aliphatic heterocycles. The average molecular weight is 265 g/mol. The molecule has 2 N–H and O–H groups in total. The third-order valence-corrected chi connectivity index (χ3v) is 3.06. The maximum Gasteiger partial charge on any atom is 0.267 e. The first kappa shape index (κ1) is 13.7. The van der Waals surface area contributed by atoms with Gasteiger partial charge in [-0.05, 0) is 19.4 Å². The molecule has 0 radical (unpaired) electrons. The number of nitrogens with two attached hydrogens (primary N) is 1. The summed E-state index contributed by atoms with van der Waals surface area (Å²) in [5.74, 6) is 0. The summed E-state index contributed by atoms with van der Waals surface area (Å²) in [4.78, 5) is 0. The molecule has 0 aliphatic carbocycles. The fraction of sp³-hybridized carbons (Fsp3) is 0.357. The van der Waals surface area contributed by atoms with Crippen LogP contribution in [0.15, 0.2) is 30.5 Å². The molecular formula is C14H17F2N3. The Labute approximate surface area is 111 Å². The number of hydrogen-bond acceptors (Lipinski definition) is 2. The quantitative estimate of drug-likeness (QED) is 0.919. The van der Waals surface area contributed by atoms with E-state index in [1.165, 1.54) is 10.9 Å². The van der Waals surface area contributed by atoms with Gasteiger partial charge in [-0.25, -0.2) is 8.78 Å². The van der Waals surface area contributed by atoms with E-state index in [0.717, 1.165) is 5.56 Å². The van der Waals surface area contributed by atoms with E-state index in [4.69, 9.17) is 5.73 Å². The zero-order chi connectivity index (χ0) is 14.0. The number of alkyl halides is 2. The molecule has 1 heterocycles. The zero-order valence-electron chi connectivity index (χ0n) is 11.0. The van der Waals surface area contributed by atoms with E-state index in [1.807, 2.05) is 26.0 Å². The van der Waals surface area contributed by atoms with Crippen molar-refractivity contribution in [3.63, 3.8) is 0 Å². The van der Waals surface area contributed by atoms with E-state index in [9.17, 15) is 8.78 Å². The second kappa shape index (κ2) is 5.48. The Morgan fingerprint density at radius 3 is 2.37 bits per heavy atom. The van der Waals surface area contributed by atoms with Crippen LogP contribution >= 0.6 is 0 Å². The summed E-state index contributed by atoms with van der Waals surface area (Å²) in [6, 6.07) is 7.19. The molecule has 102 valence electrons. The number of benzene rings is 1. The maximum atomic E-state index is 13.0. The second-order valence-corrected chi connectivity index (χ2v) is 4.50. The van der Waals surface area contributed by atoms with Gasteiger partial charge in [0.15, 0.2) is 0 Å². The minimum atomic E-state index is -2.52. The summed E-state index contributed by atoms with van der Waals surface area (Å²) in [6.45, 7) is 4.31. The van der Waals surface area contributed by atoms with Gasteiger partial charge in [0, 0.05) is 24.3 Å². The van der Waals surface area contributed by atoms with E-state index < -0.39 is 6.43 Å². The number of rotatable bonds is 4. The Morgan fingerprint density at radius 1 is 1.26 bits per heavy atom. The van der Waals surface area contributed by atoms with Gasteiger partial charge in [0.25, 0.3) is 6.43 Å². The highest BCUT2D eigenvalue weighted by atomic mass is 19.3. The molecule has 0 bridgehead atoms. The third kappa shape index (κ3) is 2.81. The van der Waals surface area contributed by atoms with E-state index >= 15 is 0 Å². The van der Waals surface area contributed by atoms with Gasteiger partial charge in [-0.1, -0.05) is 24.3 Å². The summed E-state index contributed by atoms with van der Waals surface area (Å²) < 4.78 is 27.5. The van der Waals surface area contributed by atoms with Gasteiger partial charge in [-0.2, -0.15) is 5.10 Å². The molecule has 1 atom stereocenters. The molecule has 0 aliphatic rings. The Balaban J connectivity index is 2.42. The number of halogens is 2. The van der Waals surface area contributed by atoms with Crippen LogP contribution in [0.3, 0.4) is 0 Å². The molecule has 0 saturated heterocycles. The molecule has 2 rings (SSSR count). The molecular weight excluding hydrogens is 248 g/mol. The van der Waals surface area contributed by atoms with E-state index in [0.29, 0.717) is 17.8 Å². The average Bonchev–Trinajstić information content (AvgIpc) is 2.83. The summed E-state index contributed by atoms with van der Waals surface area (Å²) >= 11 is 0. The van der Waals surface area contributed by atoms with Crippen molar-refractivity contribution in [3.8, 4) is 11.3 Å². The summed E-state index contributed by atoms with van der Waals surface area (Å²) in [7, 11) is 0. The smallest absolute Gasteiger partial charge is 0.267 e. The molecule has 5 heteroatoms. The topological polar surface area (TPSA) is 43.8 Å². The van der Waals surface area contributed by atoms with Crippen molar-refractivity contribution >= 4 is 0 Å². The van der Waals surface area contributed by atoms with Gasteiger partial charge in [0.05, 0.1) is 5.56 Å². The van der Waals surface area contributed by atoms with Gasteiger partial charge in [0.2, 0.25) is 0 Å². The molecule has 19 heavy (non-hydrogen) atoms. The van der Waals surface area contributed by atoms with E-state index in [-0.39, 0.29) is 11.6 Å². The van der Waals surface area contributed by atoms with Crippen molar-refractivity contribution in [3.05, 3.63) is 41.6 Å². The van der Waals surface area contributed by atoms with Crippen molar-refractivity contribution in [1.29, 1.82) is 0 Å². The summed E-state index contributed by atoms with van der Waals surface area (Å²) in [5.41, 5.74) is 7.73. The molecule has 0 saturated carbocycles. The number of nitrogens with zero attached hydrogens (tertiary/aromatic N) is 2. The Bertz CT molecular complexity index is 544. The normalized spacial score (nSPS) is 12.9. The lowest BCUT2D eigenvalue weighted by Gasteiger charge is -2.06. The van der Waals surface area contributed by atoms with Crippen LogP contribution in [0.5, 0.6) is 0 Å². The number of hydrogen-bond donors (Lipinski definition) is 1. The van der Waals surface area contributed by atoms with Crippen molar-refractivity contribution in [2.45, 2.75) is 32.9 Å². The van der Waals surface area contributed by atoms with Gasteiger partial charge >= 0.3 is 0 Å². The van der Waals surface area contributed by atoms with Crippen molar-refractivity contribution in [2.24, 2.45) is 5.73 Å². The molecule has 2 aromatic rings. The van der Waals surface area contributed by atoms with Crippen molar-refractivity contribution in [2.75, 3.05) is 0 Å². The van der Waals surface area contributed by atoms with Crippen LogP contribution in [0.1, 0.15) is 37.4 Å². The van der Waals surface area contributed by atoms with Gasteiger partial charge in [-0.3, -0.25) is 4.68 Å². The first-order chi connectivity index (χ1) is 9.02. The summed E-state index contributed by atoms with van der Waals surface area (Å²) in [5, 5.41) is 4.20. The van der Waals surface area contributed by atoms with Crippen LogP contribution in [-0.4, -0.2) is 9.78 Å². The largest absolute Gasteiger partial charge is 0.324 e. The second-order valence-electron chi connectivity index (χ2n) is 4.50. The summed E-state index contributed by atoms with van der Waals surface area (Å²) in [6.07, 6.45) is -1.12. The molecule has 0 spiro atoms. The third-order valence-electron chi connectivity index (χ3n) is 3.06. The molecule has 1 unspecified atom stereocenters. The fourth-order valence-corrected chi connectivity index (χ4v) is 1.93. The van der Waals surface area contributed by atoms with Crippen molar-refractivity contribution < 1.29 is 8.78 Å². The standard InChI is InChI=1S/C14H17F2N3/c1-3-19-8-12(14(15)16)13(18-19)11-6-4-10(5-7-11)9(2)17/h4-9,14H,3,17H2,1-2H3. The highest BCUT2D eigenvalue weighted by Crippen LogP contribution is 2.30. The molecule has 0 amide bonds. The lowest BCUT2D eigenvalue weighted by atomic mass is 10.0. The monoisotopic (exact) mass is 265 g/mol. The molecule has 0 fully saturated rings. The Kier molecular flexibility index (Phi) is 3.95. The van der Waals surface area contributed by atoms with Gasteiger partial charge in [0.1, 0.15) is 5.69 Å². The maximum absolute atomic E-state index is 13.0. The van der Waals surface area contributed by atoms with E-state index in [2.05, 4.69) is 5.10 Å².